The van der Waals surface area contributed by atoms with Crippen molar-refractivity contribution in [1.29, 1.82) is 0 Å². The number of Topliss-reactive ketones (excluding diaryl/α,β-unsaturated/α-hetero) is 2. The van der Waals surface area contributed by atoms with Crippen LogP contribution in [-0.4, -0.2) is 37.3 Å². The van der Waals surface area contributed by atoms with E-state index in [4.69, 9.17) is 0 Å². The Morgan fingerprint density at radius 3 is 2.38 bits per heavy atom. The molecule has 0 aliphatic carbocycles. The maximum absolute atomic E-state index is 13.9. The van der Waals surface area contributed by atoms with E-state index in [1.165, 1.54) is 0 Å². The first-order valence-corrected chi connectivity index (χ1v) is 12.3. The fourth-order valence-corrected chi connectivity index (χ4v) is 4.57. The number of rotatable bonds is 9. The van der Waals surface area contributed by atoms with Crippen LogP contribution >= 0.6 is 0 Å². The van der Waals surface area contributed by atoms with E-state index < -0.39 is 6.04 Å². The first-order valence-electron chi connectivity index (χ1n) is 12.3. The molecule has 0 radical (unpaired) electrons. The predicted octanol–water partition coefficient (Wildman–Crippen LogP) is 5.00. The second-order valence-electron chi connectivity index (χ2n) is 9.25. The molecule has 5 aromatic rings. The lowest BCUT2D eigenvalue weighted by molar-refractivity contribution is 0.0939. The van der Waals surface area contributed by atoms with Crippen LogP contribution in [0.2, 0.25) is 0 Å². The molecule has 3 aromatic heterocycles. The Morgan fingerprint density at radius 1 is 0.946 bits per heavy atom. The van der Waals surface area contributed by atoms with Crippen molar-refractivity contribution < 1.29 is 9.59 Å². The molecule has 7 heteroatoms. The van der Waals surface area contributed by atoms with E-state index in [9.17, 15) is 9.59 Å². The highest BCUT2D eigenvalue weighted by molar-refractivity contribution is 6.04. The van der Waals surface area contributed by atoms with E-state index in [1.807, 2.05) is 104 Å². The van der Waals surface area contributed by atoms with Gasteiger partial charge in [0, 0.05) is 42.7 Å². The number of imidazole rings is 1. The van der Waals surface area contributed by atoms with Crippen LogP contribution in [0.3, 0.4) is 0 Å². The monoisotopic (exact) mass is 491 g/mol. The molecular formula is C30H29N5O2. The summed E-state index contributed by atoms with van der Waals surface area (Å²) in [7, 11) is 1.89. The number of benzene rings is 2. The van der Waals surface area contributed by atoms with Gasteiger partial charge in [0.25, 0.3) is 0 Å². The number of nitrogens with one attached hydrogen (secondary N) is 1. The van der Waals surface area contributed by atoms with Crippen molar-refractivity contribution in [2.24, 2.45) is 7.05 Å². The third kappa shape index (κ3) is 5.13. The van der Waals surface area contributed by atoms with Gasteiger partial charge < -0.3 is 9.72 Å². The number of aryl methyl sites for hydroxylation is 2. The number of hydrogen-bond donors (Lipinski definition) is 1. The summed E-state index contributed by atoms with van der Waals surface area (Å²) < 4.78 is 3.73. The van der Waals surface area contributed by atoms with Crippen molar-refractivity contribution in [2.45, 2.75) is 26.3 Å². The lowest BCUT2D eigenvalue weighted by Gasteiger charge is -2.18. The molecule has 1 atom stereocenters. The van der Waals surface area contributed by atoms with E-state index >= 15 is 0 Å². The molecule has 0 spiro atoms. The average Bonchev–Trinajstić information content (AvgIpc) is 3.50. The SMILES string of the molecule is CC(=O)c1ccc(CCN[C@@H](C(=O)c2nc(C)n3cc(-c4cnn(C)c4)ccc23)c2ccccc2)cc1. The lowest BCUT2D eigenvalue weighted by atomic mass is 9.99. The number of fused-ring (bicyclic) bond motifs is 1. The molecule has 7 nitrogen and oxygen atoms in total. The van der Waals surface area contributed by atoms with Crippen molar-refractivity contribution in [3.63, 3.8) is 0 Å². The van der Waals surface area contributed by atoms with Crippen molar-refractivity contribution >= 4 is 17.1 Å². The van der Waals surface area contributed by atoms with Crippen LogP contribution < -0.4 is 5.32 Å². The molecule has 186 valence electrons. The summed E-state index contributed by atoms with van der Waals surface area (Å²) in [5.41, 5.74) is 5.93. The van der Waals surface area contributed by atoms with Gasteiger partial charge in [0.1, 0.15) is 11.5 Å². The number of pyridine rings is 1. The number of carbonyl (C=O) groups is 2. The van der Waals surface area contributed by atoms with Gasteiger partial charge in [0.15, 0.2) is 5.78 Å². The predicted molar refractivity (Wildman–Crippen MR) is 144 cm³/mol. The molecule has 0 saturated heterocycles. The maximum Gasteiger partial charge on any atom is 0.204 e. The standard InChI is InChI=1S/C30H29N5O2/c1-20(36)23-11-9-22(10-12-23)15-16-31-28(24-7-5-4-6-8-24)30(37)29-27-14-13-25(19-35(27)21(2)33-29)26-17-32-34(3)18-26/h4-14,17-19,28,31H,15-16H2,1-3H3/t28-/m1/s1. The highest BCUT2D eigenvalue weighted by Gasteiger charge is 2.26. The molecule has 37 heavy (non-hydrogen) atoms. The zero-order valence-electron chi connectivity index (χ0n) is 21.2. The third-order valence-corrected chi connectivity index (χ3v) is 6.60. The summed E-state index contributed by atoms with van der Waals surface area (Å²) >= 11 is 0. The topological polar surface area (TPSA) is 81.3 Å². The number of carbonyl (C=O) groups excluding carboxylic acids is 2. The molecule has 0 unspecified atom stereocenters. The van der Waals surface area contributed by atoms with Crippen molar-refractivity contribution in [1.82, 2.24) is 24.5 Å². The Balaban J connectivity index is 1.41. The highest BCUT2D eigenvalue weighted by Crippen LogP contribution is 2.25. The molecule has 0 saturated carbocycles. The van der Waals surface area contributed by atoms with Gasteiger partial charge in [-0.15, -0.1) is 0 Å². The van der Waals surface area contributed by atoms with E-state index in [2.05, 4.69) is 15.4 Å². The second kappa shape index (κ2) is 10.3. The minimum Gasteiger partial charge on any atom is -0.303 e. The smallest absolute Gasteiger partial charge is 0.204 e. The zero-order valence-corrected chi connectivity index (χ0v) is 21.2. The van der Waals surface area contributed by atoms with Gasteiger partial charge in [-0.05, 0) is 37.5 Å². The van der Waals surface area contributed by atoms with Gasteiger partial charge in [-0.3, -0.25) is 14.3 Å². The van der Waals surface area contributed by atoms with Gasteiger partial charge in [0.2, 0.25) is 5.78 Å². The highest BCUT2D eigenvalue weighted by atomic mass is 16.1. The Hall–Kier alpha value is -4.36. The molecule has 3 heterocycles. The molecule has 0 aliphatic heterocycles. The molecular weight excluding hydrogens is 462 g/mol. The lowest BCUT2D eigenvalue weighted by Crippen LogP contribution is -2.30. The minimum absolute atomic E-state index is 0.0505. The Bertz CT molecular complexity index is 1570. The first kappa shape index (κ1) is 24.3. The Kier molecular flexibility index (Phi) is 6.79. The third-order valence-electron chi connectivity index (χ3n) is 6.60. The van der Waals surface area contributed by atoms with Gasteiger partial charge in [0.05, 0.1) is 17.8 Å². The van der Waals surface area contributed by atoms with Crippen LogP contribution in [0.4, 0.5) is 0 Å². The Morgan fingerprint density at radius 2 is 1.70 bits per heavy atom. The summed E-state index contributed by atoms with van der Waals surface area (Å²) in [6.07, 6.45) is 6.51. The van der Waals surface area contributed by atoms with Crippen LogP contribution in [-0.2, 0) is 13.5 Å². The van der Waals surface area contributed by atoms with Crippen molar-refractivity contribution in [2.75, 3.05) is 6.54 Å². The number of nitrogens with zero attached hydrogens (tertiary/aromatic N) is 4. The van der Waals surface area contributed by atoms with E-state index in [1.54, 1.807) is 11.6 Å². The molecule has 0 bridgehead atoms. The van der Waals surface area contributed by atoms with Crippen molar-refractivity contribution in [3.05, 3.63) is 114 Å². The second-order valence-corrected chi connectivity index (χ2v) is 9.25. The molecule has 1 N–H and O–H groups in total. The van der Waals surface area contributed by atoms with Gasteiger partial charge in [-0.1, -0.05) is 60.7 Å². The Labute approximate surface area is 215 Å². The number of hydrogen-bond acceptors (Lipinski definition) is 5. The van der Waals surface area contributed by atoms with E-state index in [0.29, 0.717) is 17.8 Å². The molecule has 0 fully saturated rings. The fraction of sp³-hybridized carbons (Fsp3) is 0.200. The average molecular weight is 492 g/mol. The van der Waals surface area contributed by atoms with Crippen LogP contribution in [0.5, 0.6) is 0 Å². The van der Waals surface area contributed by atoms with Gasteiger partial charge in [-0.2, -0.15) is 5.10 Å². The van der Waals surface area contributed by atoms with E-state index in [-0.39, 0.29) is 11.6 Å². The number of aromatic nitrogens is 4. The van der Waals surface area contributed by atoms with Crippen LogP contribution in [0.25, 0.3) is 16.6 Å². The quantitative estimate of drug-likeness (QED) is 0.294. The molecule has 2 aromatic carbocycles. The summed E-state index contributed by atoms with van der Waals surface area (Å²) in [6.45, 7) is 4.07. The van der Waals surface area contributed by atoms with E-state index in [0.717, 1.165) is 40.0 Å². The maximum atomic E-state index is 13.9. The van der Waals surface area contributed by atoms with Crippen LogP contribution in [0.15, 0.2) is 85.3 Å². The minimum atomic E-state index is -0.534. The van der Waals surface area contributed by atoms with Crippen molar-refractivity contribution in [3.8, 4) is 11.1 Å². The summed E-state index contributed by atoms with van der Waals surface area (Å²) in [5.74, 6) is 0.730. The number of ketones is 2. The zero-order chi connectivity index (χ0) is 25.9. The summed E-state index contributed by atoms with van der Waals surface area (Å²) in [4.78, 5) is 30.1. The van der Waals surface area contributed by atoms with Crippen LogP contribution in [0.1, 0.15) is 50.8 Å². The molecule has 5 rings (SSSR count). The van der Waals surface area contributed by atoms with Gasteiger partial charge in [-0.25, -0.2) is 4.98 Å². The largest absolute Gasteiger partial charge is 0.303 e. The first-order chi connectivity index (χ1) is 17.9. The molecule has 0 amide bonds. The molecule has 0 aliphatic rings. The summed E-state index contributed by atoms with van der Waals surface area (Å²) in [6, 6.07) is 20.8. The van der Waals surface area contributed by atoms with Crippen LogP contribution in [0, 0.1) is 6.92 Å². The fourth-order valence-electron chi connectivity index (χ4n) is 4.57. The van der Waals surface area contributed by atoms with Gasteiger partial charge >= 0.3 is 0 Å². The normalized spacial score (nSPS) is 12.1. The summed E-state index contributed by atoms with van der Waals surface area (Å²) in [5, 5.41) is 7.72.